The molecular formula is C18H19ClFNO3. The van der Waals surface area contributed by atoms with Crippen LogP contribution in [0.2, 0.25) is 5.02 Å². The van der Waals surface area contributed by atoms with E-state index in [0.29, 0.717) is 11.5 Å². The summed E-state index contributed by atoms with van der Waals surface area (Å²) in [6.07, 6.45) is -0.137. The number of carbonyl (C=O) groups is 1. The summed E-state index contributed by atoms with van der Waals surface area (Å²) in [5.74, 6) is 0.459. The van der Waals surface area contributed by atoms with E-state index < -0.39 is 5.82 Å². The van der Waals surface area contributed by atoms with E-state index in [9.17, 15) is 9.18 Å². The molecule has 0 unspecified atom stereocenters. The third kappa shape index (κ3) is 4.17. The molecule has 0 radical (unpaired) electrons. The number of hydrogen-bond donors (Lipinski definition) is 1. The second kappa shape index (κ2) is 8.02. The highest BCUT2D eigenvalue weighted by atomic mass is 35.5. The molecule has 0 aliphatic heterocycles. The van der Waals surface area contributed by atoms with Gasteiger partial charge in [0.2, 0.25) is 5.91 Å². The fourth-order valence-corrected chi connectivity index (χ4v) is 2.64. The zero-order chi connectivity index (χ0) is 17.7. The van der Waals surface area contributed by atoms with E-state index >= 15 is 0 Å². The Hall–Kier alpha value is -2.27. The van der Waals surface area contributed by atoms with E-state index in [-0.39, 0.29) is 29.0 Å². The first kappa shape index (κ1) is 18.1. The minimum atomic E-state index is -0.496. The molecule has 4 nitrogen and oxygen atoms in total. The summed E-state index contributed by atoms with van der Waals surface area (Å²) < 4.78 is 24.3. The van der Waals surface area contributed by atoms with Crippen LogP contribution in [0.5, 0.6) is 11.5 Å². The number of methoxy groups -OCH3 is 2. The van der Waals surface area contributed by atoms with Crippen LogP contribution in [0.3, 0.4) is 0 Å². The van der Waals surface area contributed by atoms with Crippen molar-refractivity contribution in [3.63, 3.8) is 0 Å². The summed E-state index contributed by atoms with van der Waals surface area (Å²) in [7, 11) is 3.12. The summed E-state index contributed by atoms with van der Waals surface area (Å²) in [5, 5.41) is 3.06. The largest absolute Gasteiger partial charge is 0.497 e. The van der Waals surface area contributed by atoms with Gasteiger partial charge in [0.15, 0.2) is 0 Å². The lowest BCUT2D eigenvalue weighted by Gasteiger charge is -2.18. The van der Waals surface area contributed by atoms with Crippen molar-refractivity contribution < 1.29 is 18.7 Å². The molecule has 0 saturated heterocycles. The van der Waals surface area contributed by atoms with Crippen molar-refractivity contribution in [2.45, 2.75) is 19.4 Å². The highest BCUT2D eigenvalue weighted by Crippen LogP contribution is 2.29. The van der Waals surface area contributed by atoms with Crippen LogP contribution in [0, 0.1) is 5.82 Å². The molecule has 0 heterocycles. The van der Waals surface area contributed by atoms with E-state index in [2.05, 4.69) is 5.32 Å². The summed E-state index contributed by atoms with van der Waals surface area (Å²) in [5.41, 5.74) is 0.950. The van der Waals surface area contributed by atoms with Gasteiger partial charge in [0.1, 0.15) is 17.3 Å². The van der Waals surface area contributed by atoms with Crippen LogP contribution in [0.25, 0.3) is 0 Å². The van der Waals surface area contributed by atoms with Gasteiger partial charge in [-0.25, -0.2) is 4.39 Å². The van der Waals surface area contributed by atoms with Crippen molar-refractivity contribution in [3.05, 3.63) is 58.4 Å². The smallest absolute Gasteiger partial charge is 0.225 e. The third-order valence-corrected chi connectivity index (χ3v) is 4.03. The zero-order valence-electron chi connectivity index (χ0n) is 13.7. The molecule has 128 valence electrons. The van der Waals surface area contributed by atoms with Crippen LogP contribution in [0.1, 0.15) is 24.1 Å². The summed E-state index contributed by atoms with van der Waals surface area (Å²) in [6, 6.07) is 9.33. The van der Waals surface area contributed by atoms with E-state index in [1.807, 2.05) is 6.92 Å². The molecule has 0 fully saturated rings. The average Bonchev–Trinajstić information content (AvgIpc) is 2.57. The maximum atomic E-state index is 13.8. The predicted octanol–water partition coefficient (Wildman–Crippen LogP) is 3.92. The maximum Gasteiger partial charge on any atom is 0.225 e. The second-order valence-electron chi connectivity index (χ2n) is 5.27. The number of amides is 1. The Morgan fingerprint density at radius 2 is 2.00 bits per heavy atom. The minimum absolute atomic E-state index is 0.137. The first-order valence-corrected chi connectivity index (χ1v) is 7.78. The van der Waals surface area contributed by atoms with Gasteiger partial charge in [-0.2, -0.15) is 0 Å². The van der Waals surface area contributed by atoms with E-state index in [4.69, 9.17) is 21.1 Å². The Labute approximate surface area is 145 Å². The SMILES string of the molecule is COc1ccc(OC)c([C@@H](C)NC(=O)Cc2c(F)cccc2Cl)c1. The third-order valence-electron chi connectivity index (χ3n) is 3.68. The van der Waals surface area contributed by atoms with Crippen LogP contribution < -0.4 is 14.8 Å². The molecular weight excluding hydrogens is 333 g/mol. The second-order valence-corrected chi connectivity index (χ2v) is 5.68. The molecule has 0 saturated carbocycles. The number of carbonyl (C=O) groups excluding carboxylic acids is 1. The normalized spacial score (nSPS) is 11.7. The Morgan fingerprint density at radius 1 is 1.25 bits per heavy atom. The Bertz CT molecular complexity index is 716. The lowest BCUT2D eigenvalue weighted by molar-refractivity contribution is -0.121. The highest BCUT2D eigenvalue weighted by molar-refractivity contribution is 6.31. The monoisotopic (exact) mass is 351 g/mol. The first-order chi connectivity index (χ1) is 11.5. The van der Waals surface area contributed by atoms with Crippen LogP contribution >= 0.6 is 11.6 Å². The molecule has 24 heavy (non-hydrogen) atoms. The van der Waals surface area contributed by atoms with Crippen molar-refractivity contribution in [1.82, 2.24) is 5.32 Å². The Morgan fingerprint density at radius 3 is 2.62 bits per heavy atom. The molecule has 2 rings (SSSR count). The van der Waals surface area contributed by atoms with Crippen molar-refractivity contribution in [1.29, 1.82) is 0 Å². The maximum absolute atomic E-state index is 13.8. The van der Waals surface area contributed by atoms with Crippen LogP contribution in [0.15, 0.2) is 36.4 Å². The number of benzene rings is 2. The number of ether oxygens (including phenoxy) is 2. The first-order valence-electron chi connectivity index (χ1n) is 7.40. The molecule has 0 bridgehead atoms. The number of nitrogens with one attached hydrogen (secondary N) is 1. The predicted molar refractivity (Wildman–Crippen MR) is 91.2 cm³/mol. The van der Waals surface area contributed by atoms with Gasteiger partial charge in [-0.05, 0) is 37.3 Å². The van der Waals surface area contributed by atoms with Gasteiger partial charge < -0.3 is 14.8 Å². The Kier molecular flexibility index (Phi) is 6.04. The van der Waals surface area contributed by atoms with Crippen molar-refractivity contribution in [2.24, 2.45) is 0 Å². The number of halogens is 2. The highest BCUT2D eigenvalue weighted by Gasteiger charge is 2.17. The zero-order valence-corrected chi connectivity index (χ0v) is 14.5. The van der Waals surface area contributed by atoms with Crippen LogP contribution in [-0.4, -0.2) is 20.1 Å². The molecule has 6 heteroatoms. The molecule has 1 amide bonds. The van der Waals surface area contributed by atoms with Crippen LogP contribution in [0.4, 0.5) is 4.39 Å². The number of hydrogen-bond acceptors (Lipinski definition) is 3. The van der Waals surface area contributed by atoms with Gasteiger partial charge in [0, 0.05) is 16.1 Å². The minimum Gasteiger partial charge on any atom is -0.497 e. The van der Waals surface area contributed by atoms with Gasteiger partial charge >= 0.3 is 0 Å². The molecule has 0 aliphatic carbocycles. The van der Waals surface area contributed by atoms with Gasteiger partial charge in [-0.15, -0.1) is 0 Å². The summed E-state index contributed by atoms with van der Waals surface area (Å²) in [6.45, 7) is 1.82. The topological polar surface area (TPSA) is 47.6 Å². The van der Waals surface area contributed by atoms with E-state index in [1.165, 1.54) is 12.1 Å². The molecule has 2 aromatic carbocycles. The van der Waals surface area contributed by atoms with E-state index in [1.54, 1.807) is 38.5 Å². The quantitative estimate of drug-likeness (QED) is 0.858. The molecule has 2 aromatic rings. The van der Waals surface area contributed by atoms with Gasteiger partial charge in [-0.1, -0.05) is 17.7 Å². The van der Waals surface area contributed by atoms with Crippen molar-refractivity contribution in [3.8, 4) is 11.5 Å². The van der Waals surface area contributed by atoms with Gasteiger partial charge in [-0.3, -0.25) is 4.79 Å². The molecule has 0 spiro atoms. The summed E-state index contributed by atoms with van der Waals surface area (Å²) in [4.78, 5) is 12.2. The van der Waals surface area contributed by atoms with Crippen molar-refractivity contribution >= 4 is 17.5 Å². The lowest BCUT2D eigenvalue weighted by atomic mass is 10.1. The standard InChI is InChI=1S/C18H19ClFNO3/c1-11(13-9-12(23-2)7-8-17(13)24-3)21-18(22)10-14-15(19)5-4-6-16(14)20/h4-9,11H,10H2,1-3H3,(H,21,22)/t11-/m1/s1. The summed E-state index contributed by atoms with van der Waals surface area (Å²) >= 11 is 5.96. The average molecular weight is 352 g/mol. The lowest BCUT2D eigenvalue weighted by Crippen LogP contribution is -2.28. The Balaban J connectivity index is 2.14. The van der Waals surface area contributed by atoms with Crippen molar-refractivity contribution in [2.75, 3.05) is 14.2 Å². The van der Waals surface area contributed by atoms with Gasteiger partial charge in [0.05, 0.1) is 26.7 Å². The van der Waals surface area contributed by atoms with E-state index in [0.717, 1.165) is 5.56 Å². The molecule has 0 aliphatic rings. The molecule has 0 aromatic heterocycles. The fourth-order valence-electron chi connectivity index (χ4n) is 2.41. The van der Waals surface area contributed by atoms with Crippen LogP contribution in [-0.2, 0) is 11.2 Å². The fraction of sp³-hybridized carbons (Fsp3) is 0.278. The number of rotatable bonds is 6. The molecule has 1 atom stereocenters. The molecule has 1 N–H and O–H groups in total. The van der Waals surface area contributed by atoms with Gasteiger partial charge in [0.25, 0.3) is 0 Å².